The lowest BCUT2D eigenvalue weighted by Gasteiger charge is -2.51. The highest BCUT2D eigenvalue weighted by atomic mass is 35.5. The second-order valence-corrected chi connectivity index (χ2v) is 15.4. The molecule has 9 nitrogen and oxygen atoms in total. The zero-order chi connectivity index (χ0) is 35.5. The molecule has 3 aromatic rings. The van der Waals surface area contributed by atoms with E-state index in [0.29, 0.717) is 31.1 Å². The van der Waals surface area contributed by atoms with Crippen LogP contribution < -0.4 is 5.32 Å². The zero-order valence-corrected chi connectivity index (χ0v) is 30.5. The summed E-state index contributed by atoms with van der Waals surface area (Å²) in [6, 6.07) is 24.7. The Labute approximate surface area is 301 Å². The van der Waals surface area contributed by atoms with Crippen molar-refractivity contribution in [3.63, 3.8) is 0 Å². The summed E-state index contributed by atoms with van der Waals surface area (Å²) in [7, 11) is 2.18. The first-order valence-corrected chi connectivity index (χ1v) is 18.2. The third-order valence-corrected chi connectivity index (χ3v) is 10.7. The molecule has 3 aliphatic heterocycles. The number of ether oxygens (including phenoxy) is 1. The third kappa shape index (κ3) is 8.17. The van der Waals surface area contributed by atoms with Crippen LogP contribution in [0.4, 0.5) is 4.79 Å². The number of halogens is 1. The highest BCUT2D eigenvalue weighted by molar-refractivity contribution is 6.30. The van der Waals surface area contributed by atoms with Crippen molar-refractivity contribution in [3.05, 3.63) is 106 Å². The van der Waals surface area contributed by atoms with Gasteiger partial charge in [-0.25, -0.2) is 4.79 Å². The third-order valence-electron chi connectivity index (χ3n) is 10.4. The van der Waals surface area contributed by atoms with Crippen LogP contribution >= 0.6 is 11.6 Å². The van der Waals surface area contributed by atoms with Gasteiger partial charge in [0.2, 0.25) is 11.8 Å². The number of hydrogen-bond donors (Lipinski definition) is 1. The lowest BCUT2D eigenvalue weighted by atomic mass is 9.79. The Morgan fingerprint density at radius 3 is 2.18 bits per heavy atom. The van der Waals surface area contributed by atoms with E-state index in [1.54, 1.807) is 17.0 Å². The summed E-state index contributed by atoms with van der Waals surface area (Å²) in [6.07, 6.45) is 1.97. The van der Waals surface area contributed by atoms with Crippen LogP contribution in [0.25, 0.3) is 0 Å². The number of rotatable bonds is 8. The number of piperidine rings is 1. The monoisotopic (exact) mass is 699 g/mol. The van der Waals surface area contributed by atoms with E-state index in [2.05, 4.69) is 52.5 Å². The summed E-state index contributed by atoms with van der Waals surface area (Å²) in [6.45, 7) is 10.6. The summed E-state index contributed by atoms with van der Waals surface area (Å²) >= 11 is 6.18. The fourth-order valence-corrected chi connectivity index (χ4v) is 7.91. The Hall–Kier alpha value is -3.92. The molecular weight excluding hydrogens is 650 g/mol. The molecule has 0 spiro atoms. The van der Waals surface area contributed by atoms with Gasteiger partial charge >= 0.3 is 6.09 Å². The smallest absolute Gasteiger partial charge is 0.411 e. The molecule has 3 heterocycles. The molecule has 3 amide bonds. The molecule has 266 valence electrons. The van der Waals surface area contributed by atoms with Crippen molar-refractivity contribution in [1.82, 2.24) is 24.9 Å². The lowest BCUT2D eigenvalue weighted by Crippen LogP contribution is -2.61. The van der Waals surface area contributed by atoms with Crippen molar-refractivity contribution >= 4 is 29.5 Å². The standard InChI is InChI=1S/C40H50ClN5O4/c1-39(2,3)50-38(49)46-28-30-10-8-9-13-33(30)35(46)27-36(47)42-34(26-29-14-16-32(41)17-15-29)37(48)44-22-24-45(25-23-44)40(18-20-43(4)21-19-40)31-11-6-5-7-12-31/h5-17,34-35H,18-28H2,1-4H3,(H,42,47)/t34-,35?/m1/s1. The number of carbonyl (C=O) groups excluding carboxylic acids is 3. The van der Waals surface area contributed by atoms with Crippen LogP contribution in [0.5, 0.6) is 0 Å². The van der Waals surface area contributed by atoms with Gasteiger partial charge in [0.25, 0.3) is 0 Å². The molecule has 0 saturated carbocycles. The molecular formula is C40H50ClN5O4. The molecule has 50 heavy (non-hydrogen) atoms. The zero-order valence-electron chi connectivity index (χ0n) is 29.7. The fourth-order valence-electron chi connectivity index (χ4n) is 7.78. The van der Waals surface area contributed by atoms with Crippen LogP contribution in [0.2, 0.25) is 5.02 Å². The van der Waals surface area contributed by atoms with E-state index < -0.39 is 23.8 Å². The second kappa shape index (κ2) is 15.1. The number of amides is 3. The van der Waals surface area contributed by atoms with Gasteiger partial charge in [0.15, 0.2) is 0 Å². The van der Waals surface area contributed by atoms with Gasteiger partial charge in [-0.15, -0.1) is 0 Å². The number of nitrogens with one attached hydrogen (secondary N) is 1. The first-order valence-electron chi connectivity index (χ1n) is 17.8. The first-order chi connectivity index (χ1) is 23.9. The number of piperazine rings is 1. The van der Waals surface area contributed by atoms with E-state index in [1.165, 1.54) is 5.56 Å². The van der Waals surface area contributed by atoms with Crippen molar-refractivity contribution in [2.75, 3.05) is 46.3 Å². The van der Waals surface area contributed by atoms with Crippen LogP contribution in [0.15, 0.2) is 78.9 Å². The first kappa shape index (κ1) is 35.9. The van der Waals surface area contributed by atoms with Crippen molar-refractivity contribution in [2.24, 2.45) is 0 Å². The number of benzene rings is 3. The summed E-state index contributed by atoms with van der Waals surface area (Å²) in [5.74, 6) is -0.388. The van der Waals surface area contributed by atoms with Crippen molar-refractivity contribution in [3.8, 4) is 0 Å². The minimum atomic E-state index is -0.770. The van der Waals surface area contributed by atoms with Gasteiger partial charge in [-0.05, 0) is 88.1 Å². The maximum atomic E-state index is 14.3. The molecule has 1 unspecified atom stereocenters. The molecule has 6 rings (SSSR count). The van der Waals surface area contributed by atoms with Gasteiger partial charge < -0.3 is 19.9 Å². The van der Waals surface area contributed by atoms with Gasteiger partial charge in [-0.2, -0.15) is 0 Å². The van der Waals surface area contributed by atoms with Crippen LogP contribution in [-0.4, -0.2) is 95.5 Å². The van der Waals surface area contributed by atoms with E-state index in [-0.39, 0.29) is 23.8 Å². The van der Waals surface area contributed by atoms with E-state index in [0.717, 1.165) is 55.7 Å². The summed E-state index contributed by atoms with van der Waals surface area (Å²) in [5, 5.41) is 3.71. The molecule has 2 atom stereocenters. The highest BCUT2D eigenvalue weighted by Crippen LogP contribution is 2.40. The fraction of sp³-hybridized carbons (Fsp3) is 0.475. The minimum absolute atomic E-state index is 0.0163. The second-order valence-electron chi connectivity index (χ2n) is 15.0. The molecule has 0 bridgehead atoms. The molecule has 1 N–H and O–H groups in total. The van der Waals surface area contributed by atoms with Crippen LogP contribution in [0.1, 0.15) is 68.3 Å². The molecule has 10 heteroatoms. The highest BCUT2D eigenvalue weighted by Gasteiger charge is 2.43. The minimum Gasteiger partial charge on any atom is -0.444 e. The number of carbonyl (C=O) groups is 3. The average Bonchev–Trinajstić information content (AvgIpc) is 3.47. The Balaban J connectivity index is 1.18. The maximum Gasteiger partial charge on any atom is 0.411 e. The van der Waals surface area contributed by atoms with Crippen molar-refractivity contribution < 1.29 is 19.1 Å². The lowest BCUT2D eigenvalue weighted by molar-refractivity contribution is -0.139. The Kier molecular flexibility index (Phi) is 10.9. The summed E-state index contributed by atoms with van der Waals surface area (Å²) < 4.78 is 5.72. The number of fused-ring (bicyclic) bond motifs is 1. The van der Waals surface area contributed by atoms with Crippen LogP contribution in [0.3, 0.4) is 0 Å². The number of hydrogen-bond acceptors (Lipinski definition) is 6. The Bertz CT molecular complexity index is 1640. The van der Waals surface area contributed by atoms with E-state index in [4.69, 9.17) is 16.3 Å². The molecule has 2 fully saturated rings. The van der Waals surface area contributed by atoms with Gasteiger partial charge in [0, 0.05) is 49.7 Å². The maximum absolute atomic E-state index is 14.3. The SMILES string of the molecule is CN1CCC(c2ccccc2)(N2CCN(C(=O)[C@@H](Cc3ccc(Cl)cc3)NC(=O)CC3c4ccccc4CN3C(=O)OC(C)(C)C)CC2)CC1. The van der Waals surface area contributed by atoms with Crippen molar-refractivity contribution in [1.29, 1.82) is 0 Å². The predicted molar refractivity (Wildman–Crippen MR) is 196 cm³/mol. The van der Waals surface area contributed by atoms with Crippen molar-refractivity contribution in [2.45, 2.75) is 76.2 Å². The van der Waals surface area contributed by atoms with Crippen LogP contribution in [-0.2, 0) is 32.8 Å². The summed E-state index contributed by atoms with van der Waals surface area (Å²) in [4.78, 5) is 50.0. The quantitative estimate of drug-likeness (QED) is 0.310. The number of nitrogens with zero attached hydrogens (tertiary/aromatic N) is 4. The molecule has 0 aliphatic carbocycles. The Morgan fingerprint density at radius 1 is 0.880 bits per heavy atom. The van der Waals surface area contributed by atoms with Crippen LogP contribution in [0, 0.1) is 0 Å². The topological polar surface area (TPSA) is 85.4 Å². The normalized spacial score (nSPS) is 20.2. The van der Waals surface area contributed by atoms with E-state index in [9.17, 15) is 14.4 Å². The summed E-state index contributed by atoms with van der Waals surface area (Å²) in [5.41, 5.74) is 3.43. The molecule has 0 radical (unpaired) electrons. The van der Waals surface area contributed by atoms with E-state index in [1.807, 2.05) is 62.1 Å². The Morgan fingerprint density at radius 2 is 1.52 bits per heavy atom. The predicted octanol–water partition coefficient (Wildman–Crippen LogP) is 6.01. The molecule has 0 aromatic heterocycles. The largest absolute Gasteiger partial charge is 0.444 e. The molecule has 3 aromatic carbocycles. The van der Waals surface area contributed by atoms with Gasteiger partial charge in [-0.3, -0.25) is 19.4 Å². The van der Waals surface area contributed by atoms with Gasteiger partial charge in [0.05, 0.1) is 12.5 Å². The van der Waals surface area contributed by atoms with E-state index >= 15 is 0 Å². The number of likely N-dealkylation sites (tertiary alicyclic amines) is 1. The van der Waals surface area contributed by atoms with Gasteiger partial charge in [-0.1, -0.05) is 78.3 Å². The van der Waals surface area contributed by atoms with Gasteiger partial charge in [0.1, 0.15) is 11.6 Å². The molecule has 2 saturated heterocycles. The average molecular weight is 700 g/mol. The molecule has 3 aliphatic rings.